The van der Waals surface area contributed by atoms with Crippen LogP contribution in [0.3, 0.4) is 0 Å². The van der Waals surface area contributed by atoms with Crippen molar-refractivity contribution in [2.75, 3.05) is 18.6 Å². The van der Waals surface area contributed by atoms with Crippen molar-refractivity contribution in [3.8, 4) is 29.1 Å². The largest absolute Gasteiger partial charge is 0.489 e. The van der Waals surface area contributed by atoms with E-state index in [2.05, 4.69) is 27.1 Å². The van der Waals surface area contributed by atoms with Gasteiger partial charge < -0.3 is 24.3 Å². The zero-order valence-electron chi connectivity index (χ0n) is 20.2. The predicted octanol–water partition coefficient (Wildman–Crippen LogP) is 3.16. The first-order valence-electron chi connectivity index (χ1n) is 11.5. The van der Waals surface area contributed by atoms with Crippen LogP contribution >= 0.6 is 0 Å². The maximum atomic E-state index is 13.2. The van der Waals surface area contributed by atoms with Crippen LogP contribution in [0.15, 0.2) is 79.4 Å². The fraction of sp³-hybridized carbons (Fsp3) is 0.143. The van der Waals surface area contributed by atoms with Crippen molar-refractivity contribution < 1.29 is 19.1 Å². The van der Waals surface area contributed by atoms with Crippen LogP contribution in [0.25, 0.3) is 0 Å². The van der Waals surface area contributed by atoms with E-state index in [1.807, 2.05) is 54.2 Å². The van der Waals surface area contributed by atoms with Crippen LogP contribution in [0, 0.1) is 11.8 Å². The van der Waals surface area contributed by atoms with Crippen molar-refractivity contribution in [2.24, 2.45) is 7.05 Å². The monoisotopic (exact) mass is 493 g/mol. The van der Waals surface area contributed by atoms with Gasteiger partial charge in [0.2, 0.25) is 0 Å². The summed E-state index contributed by atoms with van der Waals surface area (Å²) in [5.41, 5.74) is 2.03. The van der Waals surface area contributed by atoms with Crippen LogP contribution in [0.5, 0.6) is 17.2 Å². The molecule has 2 amide bonds. The Hall–Kier alpha value is -5.10. The minimum Gasteiger partial charge on any atom is -0.489 e. The van der Waals surface area contributed by atoms with Crippen molar-refractivity contribution in [2.45, 2.75) is 6.04 Å². The number of nitrogens with zero attached hydrogens (tertiary/aromatic N) is 4. The molecule has 1 N–H and O–H groups in total. The highest BCUT2D eigenvalue weighted by Crippen LogP contribution is 2.31. The quantitative estimate of drug-likeness (QED) is 0.439. The summed E-state index contributed by atoms with van der Waals surface area (Å²) in [6.07, 6.45) is 4.98. The van der Waals surface area contributed by atoms with Crippen LogP contribution in [0.1, 0.15) is 21.7 Å². The second kappa shape index (κ2) is 10.3. The number of rotatable bonds is 4. The molecular weight excluding hydrogens is 470 g/mol. The molecule has 0 saturated heterocycles. The minimum atomic E-state index is -0.909. The molecule has 4 aromatic rings. The number of amides is 2. The number of fused-ring (bicyclic) bond motifs is 1. The number of likely N-dealkylation sites (N-methyl/N-ethyl adjacent to an activating group) is 1. The van der Waals surface area contributed by atoms with E-state index in [9.17, 15) is 9.59 Å². The summed E-state index contributed by atoms with van der Waals surface area (Å²) in [6.45, 7) is -0.0267. The summed E-state index contributed by atoms with van der Waals surface area (Å²) in [7, 11) is 3.51. The number of benzene rings is 2. The van der Waals surface area contributed by atoms with Gasteiger partial charge in [-0.1, -0.05) is 24.1 Å². The highest BCUT2D eigenvalue weighted by Gasteiger charge is 2.31. The van der Waals surface area contributed by atoms with Gasteiger partial charge in [0, 0.05) is 38.1 Å². The number of carbonyl (C=O) groups excluding carboxylic acids is 2. The van der Waals surface area contributed by atoms with Gasteiger partial charge in [0.05, 0.1) is 12.0 Å². The van der Waals surface area contributed by atoms with Gasteiger partial charge in [-0.25, -0.2) is 4.98 Å². The number of ether oxygens (including phenoxy) is 2. The molecule has 184 valence electrons. The Balaban J connectivity index is 1.29. The standard InChI is InChI=1S/C28H23N5O4/c1-32-16-20(30-18-32)10-8-19-9-11-26-25(14-19)33(2)28(35)24(17-36-26)31-27(34)23-15-22(12-13-29-23)37-21-6-4-3-5-7-21/h3-7,9,11-16,18,24H,17H2,1-2H3,(H,31,34). The van der Waals surface area contributed by atoms with Crippen molar-refractivity contribution in [1.82, 2.24) is 19.9 Å². The number of imidazole rings is 1. The Morgan fingerprint density at radius 3 is 2.68 bits per heavy atom. The normalized spacial score (nSPS) is 14.5. The van der Waals surface area contributed by atoms with E-state index in [1.165, 1.54) is 17.2 Å². The smallest absolute Gasteiger partial charge is 0.270 e. The van der Waals surface area contributed by atoms with Crippen molar-refractivity contribution in [3.63, 3.8) is 0 Å². The maximum absolute atomic E-state index is 13.2. The van der Waals surface area contributed by atoms with E-state index in [1.54, 1.807) is 31.6 Å². The first-order chi connectivity index (χ1) is 18.0. The van der Waals surface area contributed by atoms with Gasteiger partial charge in [0.15, 0.2) is 0 Å². The number of hydrogen-bond acceptors (Lipinski definition) is 6. The van der Waals surface area contributed by atoms with Gasteiger partial charge in [0.1, 0.15) is 41.3 Å². The van der Waals surface area contributed by atoms with Crippen LogP contribution in [-0.4, -0.2) is 46.0 Å². The fourth-order valence-electron chi connectivity index (χ4n) is 3.75. The molecule has 2 aromatic heterocycles. The lowest BCUT2D eigenvalue weighted by molar-refractivity contribution is -0.120. The molecule has 1 unspecified atom stereocenters. The number of para-hydroxylation sites is 1. The molecule has 0 bridgehead atoms. The SMILES string of the molecule is CN1C(=O)C(NC(=O)c2cc(Oc3ccccc3)ccn2)COc2ccc(C#Cc3cn(C)cn3)cc21. The molecule has 0 fully saturated rings. The Morgan fingerprint density at radius 2 is 1.89 bits per heavy atom. The number of anilines is 1. The Kier molecular flexibility index (Phi) is 6.55. The van der Waals surface area contributed by atoms with E-state index in [-0.39, 0.29) is 18.2 Å². The second-order valence-corrected chi connectivity index (χ2v) is 8.38. The van der Waals surface area contributed by atoms with Crippen molar-refractivity contribution >= 4 is 17.5 Å². The van der Waals surface area contributed by atoms with Crippen LogP contribution in [-0.2, 0) is 11.8 Å². The average molecular weight is 494 g/mol. The number of aryl methyl sites for hydroxylation is 1. The zero-order chi connectivity index (χ0) is 25.8. The zero-order valence-corrected chi connectivity index (χ0v) is 20.2. The van der Waals surface area contributed by atoms with Gasteiger partial charge in [-0.3, -0.25) is 14.6 Å². The summed E-state index contributed by atoms with van der Waals surface area (Å²) in [4.78, 5) is 36.0. The molecule has 5 rings (SSSR count). The molecule has 0 spiro atoms. The van der Waals surface area contributed by atoms with E-state index in [0.717, 1.165) is 0 Å². The summed E-state index contributed by atoms with van der Waals surface area (Å²) in [5, 5.41) is 2.73. The lowest BCUT2D eigenvalue weighted by Crippen LogP contribution is -2.49. The predicted molar refractivity (Wildman–Crippen MR) is 137 cm³/mol. The molecule has 1 aliphatic heterocycles. The number of nitrogens with one attached hydrogen (secondary N) is 1. The molecule has 3 heterocycles. The van der Waals surface area contributed by atoms with Crippen LogP contribution in [0.4, 0.5) is 5.69 Å². The van der Waals surface area contributed by atoms with Gasteiger partial charge >= 0.3 is 0 Å². The van der Waals surface area contributed by atoms with Crippen LogP contribution < -0.4 is 19.7 Å². The molecule has 1 aliphatic rings. The number of pyridine rings is 1. The molecular formula is C28H23N5O4. The Bertz CT molecular complexity index is 1520. The van der Waals surface area contributed by atoms with E-state index < -0.39 is 11.9 Å². The van der Waals surface area contributed by atoms with Gasteiger partial charge in [-0.15, -0.1) is 0 Å². The Labute approximate surface area is 213 Å². The third-order valence-corrected chi connectivity index (χ3v) is 5.64. The van der Waals surface area contributed by atoms with Gasteiger partial charge in [-0.2, -0.15) is 0 Å². The molecule has 0 saturated carbocycles. The lowest BCUT2D eigenvalue weighted by atomic mass is 10.1. The number of carbonyl (C=O) groups is 2. The molecule has 0 radical (unpaired) electrons. The first kappa shape index (κ1) is 23.6. The third kappa shape index (κ3) is 5.44. The summed E-state index contributed by atoms with van der Waals surface area (Å²) in [5.74, 6) is 6.84. The summed E-state index contributed by atoms with van der Waals surface area (Å²) >= 11 is 0. The molecule has 1 atom stereocenters. The second-order valence-electron chi connectivity index (χ2n) is 8.38. The lowest BCUT2D eigenvalue weighted by Gasteiger charge is -2.20. The molecule has 2 aromatic carbocycles. The van der Waals surface area contributed by atoms with E-state index in [0.29, 0.717) is 34.2 Å². The molecule has 0 aliphatic carbocycles. The van der Waals surface area contributed by atoms with Crippen LogP contribution in [0.2, 0.25) is 0 Å². The van der Waals surface area contributed by atoms with E-state index >= 15 is 0 Å². The highest BCUT2D eigenvalue weighted by molar-refractivity contribution is 6.03. The van der Waals surface area contributed by atoms with Crippen molar-refractivity contribution in [1.29, 1.82) is 0 Å². The summed E-state index contributed by atoms with van der Waals surface area (Å²) in [6, 6.07) is 16.8. The van der Waals surface area contributed by atoms with E-state index in [4.69, 9.17) is 9.47 Å². The third-order valence-electron chi connectivity index (χ3n) is 5.64. The van der Waals surface area contributed by atoms with Gasteiger partial charge in [-0.05, 0) is 42.3 Å². The average Bonchev–Trinajstić information content (AvgIpc) is 3.30. The number of aromatic nitrogens is 3. The Morgan fingerprint density at radius 1 is 1.05 bits per heavy atom. The first-order valence-corrected chi connectivity index (χ1v) is 11.5. The van der Waals surface area contributed by atoms with Crippen molar-refractivity contribution in [3.05, 3.63) is 96.3 Å². The highest BCUT2D eigenvalue weighted by atomic mass is 16.5. The summed E-state index contributed by atoms with van der Waals surface area (Å²) < 4.78 is 13.5. The maximum Gasteiger partial charge on any atom is 0.270 e. The topological polar surface area (TPSA) is 98.6 Å². The molecule has 37 heavy (non-hydrogen) atoms. The molecule has 9 heteroatoms. The molecule has 9 nitrogen and oxygen atoms in total. The minimum absolute atomic E-state index is 0.0267. The fourth-order valence-corrected chi connectivity index (χ4v) is 3.75. The van der Waals surface area contributed by atoms with Gasteiger partial charge in [0.25, 0.3) is 11.8 Å². The number of hydrogen-bond donors (Lipinski definition) is 1.